The minimum Gasteiger partial charge on any atom is -0.444 e. The van der Waals surface area contributed by atoms with Crippen molar-refractivity contribution in [1.29, 1.82) is 0 Å². The first-order valence-corrected chi connectivity index (χ1v) is 6.38. The Morgan fingerprint density at radius 2 is 2.00 bits per heavy atom. The number of benzene rings is 1. The number of nitrogens with one attached hydrogen (secondary N) is 1. The Hall–Kier alpha value is -1.66. The van der Waals surface area contributed by atoms with Gasteiger partial charge in [0.15, 0.2) is 0 Å². The van der Waals surface area contributed by atoms with Crippen LogP contribution >= 0.6 is 11.6 Å². The fraction of sp³-hybridized carbons (Fsp3) is 0.400. The van der Waals surface area contributed by atoms with E-state index in [-0.39, 0.29) is 0 Å². The molecule has 0 aliphatic heterocycles. The van der Waals surface area contributed by atoms with Gasteiger partial charge in [-0.2, -0.15) is 0 Å². The highest BCUT2D eigenvalue weighted by Crippen LogP contribution is 2.11. The summed E-state index contributed by atoms with van der Waals surface area (Å²) in [4.78, 5) is 11.6. The van der Waals surface area contributed by atoms with Crippen LogP contribution in [0.5, 0.6) is 0 Å². The Morgan fingerprint density at radius 3 is 2.47 bits per heavy atom. The van der Waals surface area contributed by atoms with Gasteiger partial charge in [-0.3, -0.25) is 0 Å². The topological polar surface area (TPSA) is 38.3 Å². The maximum atomic E-state index is 11.6. The van der Waals surface area contributed by atoms with Gasteiger partial charge in [0.25, 0.3) is 0 Å². The minimum atomic E-state index is -0.538. The molecule has 1 rings (SSSR count). The normalized spacial score (nSPS) is 12.4. The number of carbonyl (C=O) groups is 1. The Morgan fingerprint density at radius 1 is 1.42 bits per heavy atom. The highest BCUT2D eigenvalue weighted by Gasteiger charge is 2.18. The molecule has 0 aliphatic carbocycles. The highest BCUT2D eigenvalue weighted by atomic mass is 35.5. The largest absolute Gasteiger partial charge is 0.444 e. The molecule has 0 saturated carbocycles. The third-order valence-corrected chi connectivity index (χ3v) is 2.50. The average molecular weight is 280 g/mol. The van der Waals surface area contributed by atoms with Crippen molar-refractivity contribution in [3.8, 4) is 12.3 Å². The summed E-state index contributed by atoms with van der Waals surface area (Å²) in [5.41, 5.74) is 0.465. The second kappa shape index (κ2) is 6.49. The molecule has 0 aliphatic rings. The summed E-state index contributed by atoms with van der Waals surface area (Å²) in [5.74, 6) is 2.54. The number of ether oxygens (including phenoxy) is 1. The van der Waals surface area contributed by atoms with Crippen molar-refractivity contribution in [3.63, 3.8) is 0 Å². The fourth-order valence-corrected chi connectivity index (χ4v) is 1.58. The van der Waals surface area contributed by atoms with Crippen LogP contribution in [0.25, 0.3) is 0 Å². The monoisotopic (exact) mass is 279 g/mol. The lowest BCUT2D eigenvalue weighted by Crippen LogP contribution is -2.39. The smallest absolute Gasteiger partial charge is 0.408 e. The van der Waals surface area contributed by atoms with Crippen molar-refractivity contribution >= 4 is 17.7 Å². The fourth-order valence-electron chi connectivity index (χ4n) is 1.46. The molecule has 0 spiro atoms. The zero-order valence-corrected chi connectivity index (χ0v) is 12.1. The second-order valence-corrected chi connectivity index (χ2v) is 5.63. The highest BCUT2D eigenvalue weighted by molar-refractivity contribution is 6.30. The van der Waals surface area contributed by atoms with E-state index in [4.69, 9.17) is 22.8 Å². The van der Waals surface area contributed by atoms with Gasteiger partial charge >= 0.3 is 6.09 Å². The van der Waals surface area contributed by atoms with Crippen molar-refractivity contribution < 1.29 is 9.53 Å². The quantitative estimate of drug-likeness (QED) is 0.861. The first-order chi connectivity index (χ1) is 8.80. The molecule has 0 saturated heterocycles. The first kappa shape index (κ1) is 15.4. The van der Waals surface area contributed by atoms with Crippen molar-refractivity contribution in [2.45, 2.75) is 38.8 Å². The number of hydrogen-bond donors (Lipinski definition) is 1. The number of hydrogen-bond acceptors (Lipinski definition) is 2. The summed E-state index contributed by atoms with van der Waals surface area (Å²) in [6, 6.07) is 6.93. The van der Waals surface area contributed by atoms with Gasteiger partial charge in [-0.1, -0.05) is 29.7 Å². The molecule has 102 valence electrons. The molecule has 1 unspecified atom stereocenters. The lowest BCUT2D eigenvalue weighted by molar-refractivity contribution is 0.0516. The van der Waals surface area contributed by atoms with Gasteiger partial charge in [0.05, 0.1) is 6.04 Å². The summed E-state index contributed by atoms with van der Waals surface area (Å²) >= 11 is 5.81. The molecule has 3 nitrogen and oxygen atoms in total. The standard InChI is InChI=1S/C15H18ClNO2/c1-5-13(17-14(18)19-15(2,3)4)10-11-6-8-12(16)9-7-11/h1,6-9,13H,10H2,2-4H3,(H,17,18). The summed E-state index contributed by atoms with van der Waals surface area (Å²) in [7, 11) is 0. The van der Waals surface area contributed by atoms with Crippen LogP contribution in [0.1, 0.15) is 26.3 Å². The van der Waals surface area contributed by atoms with Crippen molar-refractivity contribution in [2.75, 3.05) is 0 Å². The second-order valence-electron chi connectivity index (χ2n) is 5.20. The van der Waals surface area contributed by atoms with Gasteiger partial charge in [-0.25, -0.2) is 4.79 Å². The van der Waals surface area contributed by atoms with Crippen LogP contribution in [-0.4, -0.2) is 17.7 Å². The molecule has 1 amide bonds. The predicted molar refractivity (Wildman–Crippen MR) is 77.1 cm³/mol. The Kier molecular flexibility index (Phi) is 5.26. The van der Waals surface area contributed by atoms with E-state index in [9.17, 15) is 4.79 Å². The Balaban J connectivity index is 2.57. The van der Waals surface area contributed by atoms with E-state index in [0.717, 1.165) is 5.56 Å². The van der Waals surface area contributed by atoms with Gasteiger partial charge in [-0.15, -0.1) is 6.42 Å². The minimum absolute atomic E-state index is 0.406. The zero-order valence-electron chi connectivity index (χ0n) is 11.4. The summed E-state index contributed by atoms with van der Waals surface area (Å²) in [5, 5.41) is 3.32. The van der Waals surface area contributed by atoms with E-state index in [1.807, 2.05) is 12.1 Å². The molecule has 0 radical (unpaired) electrons. The molecule has 0 fully saturated rings. The predicted octanol–water partition coefficient (Wildman–Crippen LogP) is 3.41. The number of terminal acetylenes is 1. The van der Waals surface area contributed by atoms with E-state index in [2.05, 4.69) is 11.2 Å². The molecule has 1 N–H and O–H groups in total. The molecule has 0 bridgehead atoms. The van der Waals surface area contributed by atoms with E-state index >= 15 is 0 Å². The number of amides is 1. The van der Waals surface area contributed by atoms with E-state index in [1.165, 1.54) is 0 Å². The van der Waals surface area contributed by atoms with Crippen molar-refractivity contribution in [1.82, 2.24) is 5.32 Å². The molecule has 1 aromatic carbocycles. The lowest BCUT2D eigenvalue weighted by Gasteiger charge is -2.21. The summed E-state index contributed by atoms with van der Waals surface area (Å²) < 4.78 is 5.16. The van der Waals surface area contributed by atoms with Gasteiger partial charge in [0.2, 0.25) is 0 Å². The SMILES string of the molecule is C#CC(Cc1ccc(Cl)cc1)NC(=O)OC(C)(C)C. The number of carbonyl (C=O) groups excluding carboxylic acids is 1. The van der Waals surface area contributed by atoms with Crippen LogP contribution in [0.3, 0.4) is 0 Å². The zero-order chi connectivity index (χ0) is 14.5. The Labute approximate surface area is 119 Å². The van der Waals surface area contributed by atoms with Crippen molar-refractivity contribution in [2.24, 2.45) is 0 Å². The maximum Gasteiger partial charge on any atom is 0.408 e. The lowest BCUT2D eigenvalue weighted by atomic mass is 10.1. The number of alkyl carbamates (subject to hydrolysis) is 1. The number of halogens is 1. The van der Waals surface area contributed by atoms with Gasteiger partial charge in [0, 0.05) is 11.4 Å². The molecular weight excluding hydrogens is 262 g/mol. The van der Waals surface area contributed by atoms with Crippen molar-refractivity contribution in [3.05, 3.63) is 34.9 Å². The molecule has 0 heterocycles. The van der Waals surface area contributed by atoms with Gasteiger partial charge < -0.3 is 10.1 Å². The third kappa shape index (κ3) is 6.17. The van der Waals surface area contributed by atoms with E-state index < -0.39 is 17.7 Å². The first-order valence-electron chi connectivity index (χ1n) is 6.00. The van der Waals surface area contributed by atoms with Crippen LogP contribution in [0, 0.1) is 12.3 Å². The van der Waals surface area contributed by atoms with Crippen LogP contribution < -0.4 is 5.32 Å². The van der Waals surface area contributed by atoms with Crippen LogP contribution in [-0.2, 0) is 11.2 Å². The molecule has 1 aromatic rings. The Bertz CT molecular complexity index is 468. The molecule has 1 atom stereocenters. The summed E-state index contributed by atoms with van der Waals surface area (Å²) in [6.07, 6.45) is 5.44. The maximum absolute atomic E-state index is 11.6. The van der Waals surface area contributed by atoms with E-state index in [1.54, 1.807) is 32.9 Å². The molecule has 19 heavy (non-hydrogen) atoms. The van der Waals surface area contributed by atoms with Gasteiger partial charge in [-0.05, 0) is 38.5 Å². The van der Waals surface area contributed by atoms with Crippen LogP contribution in [0.4, 0.5) is 4.79 Å². The van der Waals surface area contributed by atoms with Crippen LogP contribution in [0.15, 0.2) is 24.3 Å². The molecular formula is C15H18ClNO2. The van der Waals surface area contributed by atoms with Crippen LogP contribution in [0.2, 0.25) is 5.02 Å². The average Bonchev–Trinajstić information content (AvgIpc) is 2.28. The molecule has 0 aromatic heterocycles. The third-order valence-electron chi connectivity index (χ3n) is 2.25. The van der Waals surface area contributed by atoms with Gasteiger partial charge in [0.1, 0.15) is 5.60 Å². The molecule has 4 heteroatoms. The summed E-state index contributed by atoms with van der Waals surface area (Å²) in [6.45, 7) is 5.41. The van der Waals surface area contributed by atoms with E-state index in [0.29, 0.717) is 11.4 Å². The number of rotatable bonds is 3.